The van der Waals surface area contributed by atoms with Crippen LogP contribution in [0.25, 0.3) is 0 Å². The molecule has 0 aliphatic heterocycles. The Morgan fingerprint density at radius 2 is 2.10 bits per heavy atom. The number of alkyl halides is 3. The van der Waals surface area contributed by atoms with Gasteiger partial charge in [-0.15, -0.1) is 0 Å². The smallest absolute Gasteiger partial charge is 0.372 e. The number of aromatic nitrogens is 1. The molecule has 0 radical (unpaired) electrons. The molecule has 20 heavy (non-hydrogen) atoms. The maximum Gasteiger partial charge on any atom is 0.411 e. The number of rotatable bonds is 7. The fraction of sp³-hybridized carbons (Fsp3) is 0.500. The van der Waals surface area contributed by atoms with Crippen LogP contribution in [0.4, 0.5) is 19.0 Å². The predicted molar refractivity (Wildman–Crippen MR) is 65.8 cm³/mol. The van der Waals surface area contributed by atoms with E-state index in [9.17, 15) is 21.6 Å². The number of anilines is 1. The van der Waals surface area contributed by atoms with Gasteiger partial charge in [0, 0.05) is 19.8 Å². The maximum atomic E-state index is 11.9. The number of pyridine rings is 1. The first kappa shape index (κ1) is 16.7. The SMILES string of the molecule is CNc1ncccc1S(=O)(=O)NCCOCC(F)(F)F. The highest BCUT2D eigenvalue weighted by molar-refractivity contribution is 7.89. The van der Waals surface area contributed by atoms with Gasteiger partial charge in [0.1, 0.15) is 17.3 Å². The monoisotopic (exact) mass is 313 g/mol. The molecule has 2 N–H and O–H groups in total. The van der Waals surface area contributed by atoms with Crippen LogP contribution >= 0.6 is 0 Å². The molecule has 1 rings (SSSR count). The Hall–Kier alpha value is -1.39. The number of sulfonamides is 1. The van der Waals surface area contributed by atoms with E-state index < -0.39 is 22.8 Å². The zero-order chi connectivity index (χ0) is 15.2. The number of ether oxygens (including phenoxy) is 1. The van der Waals surface area contributed by atoms with Crippen molar-refractivity contribution in [3.63, 3.8) is 0 Å². The topological polar surface area (TPSA) is 80.3 Å². The van der Waals surface area contributed by atoms with Crippen molar-refractivity contribution in [3.05, 3.63) is 18.3 Å². The molecule has 0 atom stereocenters. The van der Waals surface area contributed by atoms with Crippen molar-refractivity contribution in [1.29, 1.82) is 0 Å². The van der Waals surface area contributed by atoms with E-state index in [2.05, 4.69) is 19.8 Å². The average molecular weight is 313 g/mol. The number of nitrogens with one attached hydrogen (secondary N) is 2. The van der Waals surface area contributed by atoms with E-state index in [1.165, 1.54) is 25.4 Å². The fourth-order valence-electron chi connectivity index (χ4n) is 1.31. The number of nitrogens with zero attached hydrogens (tertiary/aromatic N) is 1. The van der Waals surface area contributed by atoms with Gasteiger partial charge in [-0.05, 0) is 12.1 Å². The van der Waals surface area contributed by atoms with Gasteiger partial charge in [-0.3, -0.25) is 0 Å². The molecule has 6 nitrogen and oxygen atoms in total. The summed E-state index contributed by atoms with van der Waals surface area (Å²) in [6.07, 6.45) is -3.02. The van der Waals surface area contributed by atoms with Crippen molar-refractivity contribution < 1.29 is 26.3 Å². The summed E-state index contributed by atoms with van der Waals surface area (Å²) in [5, 5.41) is 2.61. The molecular weight excluding hydrogens is 299 g/mol. The van der Waals surface area contributed by atoms with Gasteiger partial charge >= 0.3 is 6.18 Å². The molecule has 0 bridgehead atoms. The van der Waals surface area contributed by atoms with Crippen molar-refractivity contribution in [2.24, 2.45) is 0 Å². The van der Waals surface area contributed by atoms with Crippen LogP contribution in [0.5, 0.6) is 0 Å². The minimum atomic E-state index is -4.43. The van der Waals surface area contributed by atoms with E-state index in [-0.39, 0.29) is 23.9 Å². The molecule has 0 aromatic carbocycles. The van der Waals surface area contributed by atoms with Gasteiger partial charge in [0.25, 0.3) is 0 Å². The van der Waals surface area contributed by atoms with Crippen LogP contribution in [0.3, 0.4) is 0 Å². The van der Waals surface area contributed by atoms with Crippen molar-refractivity contribution in [1.82, 2.24) is 9.71 Å². The van der Waals surface area contributed by atoms with E-state index in [0.717, 1.165) is 0 Å². The summed E-state index contributed by atoms with van der Waals surface area (Å²) in [5.41, 5.74) is 0. The minimum Gasteiger partial charge on any atom is -0.372 e. The van der Waals surface area contributed by atoms with Gasteiger partial charge in [0.05, 0.1) is 6.61 Å². The Morgan fingerprint density at radius 1 is 1.40 bits per heavy atom. The Bertz CT molecular complexity index is 534. The standard InChI is InChI=1S/C10H14F3N3O3S/c1-14-9-8(3-2-4-15-9)20(17,18)16-5-6-19-7-10(11,12)13/h2-4,16H,5-7H2,1H3,(H,14,15). The second-order valence-electron chi connectivity index (χ2n) is 3.67. The van der Waals surface area contributed by atoms with Crippen molar-refractivity contribution in [2.75, 3.05) is 32.1 Å². The molecule has 0 spiro atoms. The van der Waals surface area contributed by atoms with Crippen LogP contribution in [-0.2, 0) is 14.8 Å². The largest absolute Gasteiger partial charge is 0.411 e. The Kier molecular flexibility index (Phi) is 5.72. The molecule has 0 fully saturated rings. The van der Waals surface area contributed by atoms with Crippen molar-refractivity contribution >= 4 is 15.8 Å². The van der Waals surface area contributed by atoms with Gasteiger partial charge in [-0.2, -0.15) is 13.2 Å². The highest BCUT2D eigenvalue weighted by Gasteiger charge is 2.27. The predicted octanol–water partition coefficient (Wildman–Crippen LogP) is 0.980. The lowest BCUT2D eigenvalue weighted by atomic mass is 10.5. The van der Waals surface area contributed by atoms with Gasteiger partial charge in [0.2, 0.25) is 10.0 Å². The molecule has 0 saturated carbocycles. The van der Waals surface area contributed by atoms with Crippen LogP contribution < -0.4 is 10.0 Å². The molecule has 0 aliphatic rings. The lowest BCUT2D eigenvalue weighted by molar-refractivity contribution is -0.173. The van der Waals surface area contributed by atoms with Crippen molar-refractivity contribution in [2.45, 2.75) is 11.1 Å². The third kappa shape index (κ3) is 5.31. The molecule has 114 valence electrons. The van der Waals surface area contributed by atoms with Crippen molar-refractivity contribution in [3.8, 4) is 0 Å². The lowest BCUT2D eigenvalue weighted by Gasteiger charge is -2.11. The van der Waals surface area contributed by atoms with Crippen LogP contribution in [0.15, 0.2) is 23.2 Å². The molecule has 0 aliphatic carbocycles. The molecule has 10 heteroatoms. The molecule has 1 heterocycles. The summed E-state index contributed by atoms with van der Waals surface area (Å²) in [6.45, 7) is -2.06. The van der Waals surface area contributed by atoms with Crippen LogP contribution in [0.1, 0.15) is 0 Å². The Morgan fingerprint density at radius 3 is 2.70 bits per heavy atom. The van der Waals surface area contributed by atoms with E-state index >= 15 is 0 Å². The molecule has 0 saturated heterocycles. The number of halogens is 3. The number of hydrogen-bond donors (Lipinski definition) is 2. The third-order valence-corrected chi connectivity index (χ3v) is 3.59. The maximum absolute atomic E-state index is 11.9. The van der Waals surface area contributed by atoms with E-state index in [1.807, 2.05) is 0 Å². The quantitative estimate of drug-likeness (QED) is 0.734. The summed E-state index contributed by atoms with van der Waals surface area (Å²) < 4.78 is 65.6. The Balaban J connectivity index is 2.54. The van der Waals surface area contributed by atoms with E-state index in [1.54, 1.807) is 0 Å². The van der Waals surface area contributed by atoms with Gasteiger partial charge < -0.3 is 10.1 Å². The minimum absolute atomic E-state index is 0.0849. The van der Waals surface area contributed by atoms with Crippen LogP contribution in [-0.4, -0.2) is 46.4 Å². The zero-order valence-corrected chi connectivity index (χ0v) is 11.4. The fourth-order valence-corrected chi connectivity index (χ4v) is 2.48. The average Bonchev–Trinajstić information content (AvgIpc) is 2.36. The molecule has 0 amide bonds. The second kappa shape index (κ2) is 6.86. The highest BCUT2D eigenvalue weighted by Crippen LogP contribution is 2.17. The summed E-state index contributed by atoms with van der Waals surface area (Å²) in [4.78, 5) is 3.74. The summed E-state index contributed by atoms with van der Waals surface area (Å²) in [7, 11) is -2.35. The van der Waals surface area contributed by atoms with Gasteiger partial charge in [0.15, 0.2) is 0 Å². The Labute approximate surface area is 114 Å². The highest BCUT2D eigenvalue weighted by atomic mass is 32.2. The summed E-state index contributed by atoms with van der Waals surface area (Å²) in [5.74, 6) is 0.149. The first-order valence-corrected chi connectivity index (χ1v) is 7.01. The third-order valence-electron chi connectivity index (χ3n) is 2.10. The first-order valence-electron chi connectivity index (χ1n) is 5.53. The van der Waals surface area contributed by atoms with E-state index in [0.29, 0.717) is 0 Å². The molecule has 1 aromatic rings. The number of hydrogen-bond acceptors (Lipinski definition) is 5. The second-order valence-corrected chi connectivity index (χ2v) is 5.40. The van der Waals surface area contributed by atoms with Crippen LogP contribution in [0, 0.1) is 0 Å². The molecule has 0 unspecified atom stereocenters. The lowest BCUT2D eigenvalue weighted by Crippen LogP contribution is -2.29. The summed E-state index contributed by atoms with van der Waals surface area (Å²) in [6, 6.07) is 2.77. The molecular formula is C10H14F3N3O3S. The van der Waals surface area contributed by atoms with Gasteiger partial charge in [-0.25, -0.2) is 18.1 Å². The normalized spacial score (nSPS) is 12.4. The molecule has 1 aromatic heterocycles. The first-order chi connectivity index (χ1) is 9.26. The zero-order valence-electron chi connectivity index (χ0n) is 10.6. The summed E-state index contributed by atoms with van der Waals surface area (Å²) >= 11 is 0. The van der Waals surface area contributed by atoms with Crippen LogP contribution in [0.2, 0.25) is 0 Å². The van der Waals surface area contributed by atoms with E-state index in [4.69, 9.17) is 0 Å². The van der Waals surface area contributed by atoms with Gasteiger partial charge in [-0.1, -0.05) is 0 Å².